The number of fused-ring (bicyclic) bond motifs is 1. The Balaban J connectivity index is 1.96. The van der Waals surface area contributed by atoms with Crippen molar-refractivity contribution in [3.8, 4) is 0 Å². The molecule has 23 heavy (non-hydrogen) atoms. The Hall–Kier alpha value is -0.880. The van der Waals surface area contributed by atoms with E-state index in [1.165, 1.54) is 6.08 Å². The average Bonchev–Trinajstić information content (AvgIpc) is 2.93. The second-order valence-corrected chi connectivity index (χ2v) is 9.91. The molecule has 1 aliphatic heterocycles. The van der Waals surface area contributed by atoms with Crippen molar-refractivity contribution in [1.82, 2.24) is 4.31 Å². The smallest absolute Gasteiger partial charge is 0.242 e. The van der Waals surface area contributed by atoms with E-state index in [9.17, 15) is 18.3 Å². The highest BCUT2D eigenvalue weighted by Gasteiger charge is 2.72. The van der Waals surface area contributed by atoms with Gasteiger partial charge in [-0.1, -0.05) is 32.9 Å². The van der Waals surface area contributed by atoms with E-state index in [4.69, 9.17) is 0 Å². The predicted molar refractivity (Wildman–Crippen MR) is 88.0 cm³/mol. The fourth-order valence-electron chi connectivity index (χ4n) is 5.29. The zero-order chi connectivity index (χ0) is 17.2. The number of carbonyl (C=O) groups is 1. The van der Waals surface area contributed by atoms with Crippen LogP contribution in [-0.2, 0) is 14.8 Å². The van der Waals surface area contributed by atoms with Crippen molar-refractivity contribution < 1.29 is 18.3 Å². The minimum absolute atomic E-state index is 0.0507. The Bertz CT molecular complexity index is 654. The quantitative estimate of drug-likeness (QED) is 0.796. The Morgan fingerprint density at radius 2 is 2.04 bits per heavy atom. The van der Waals surface area contributed by atoms with Gasteiger partial charge in [-0.25, -0.2) is 12.7 Å². The third-order valence-corrected chi connectivity index (χ3v) is 8.83. The van der Waals surface area contributed by atoms with Gasteiger partial charge in [0.15, 0.2) is 0 Å². The van der Waals surface area contributed by atoms with Gasteiger partial charge in [0, 0.05) is 5.41 Å². The van der Waals surface area contributed by atoms with Crippen LogP contribution in [0.4, 0.5) is 0 Å². The summed E-state index contributed by atoms with van der Waals surface area (Å²) in [6.07, 6.45) is 4.96. The summed E-state index contributed by atoms with van der Waals surface area (Å²) in [6.45, 7) is 7.69. The van der Waals surface area contributed by atoms with E-state index in [2.05, 4.69) is 13.8 Å². The standard InChI is InChI=1S/C17H27NO4S/c1-5-6-13(19)11(2)15(20)18-14-9-12-7-8-17(14,16(12,3)4)10-23(18,21)22/h5-6,11-14,19H,7-10H2,1-4H3/b6-5+/t11-,12?,13-,14+,17?/m1/s1. The molecule has 3 rings (SSSR count). The first-order valence-electron chi connectivity index (χ1n) is 8.45. The van der Waals surface area contributed by atoms with E-state index in [0.29, 0.717) is 5.92 Å². The maximum atomic E-state index is 12.9. The number of aliphatic hydroxyl groups is 1. The summed E-state index contributed by atoms with van der Waals surface area (Å²) < 4.78 is 26.7. The van der Waals surface area contributed by atoms with Crippen LogP contribution in [0, 0.1) is 22.7 Å². The highest BCUT2D eigenvalue weighted by atomic mass is 32.2. The monoisotopic (exact) mass is 341 g/mol. The van der Waals surface area contributed by atoms with E-state index >= 15 is 0 Å². The average molecular weight is 341 g/mol. The van der Waals surface area contributed by atoms with Crippen LogP contribution in [0.1, 0.15) is 47.0 Å². The first-order valence-corrected chi connectivity index (χ1v) is 10.1. The zero-order valence-electron chi connectivity index (χ0n) is 14.3. The molecule has 5 nitrogen and oxygen atoms in total. The van der Waals surface area contributed by atoms with E-state index in [1.807, 2.05) is 0 Å². The number of rotatable bonds is 3. The van der Waals surface area contributed by atoms with E-state index in [-0.39, 0.29) is 22.6 Å². The van der Waals surface area contributed by atoms with Gasteiger partial charge in [0.2, 0.25) is 15.9 Å². The lowest BCUT2D eigenvalue weighted by molar-refractivity contribution is -0.135. The summed E-state index contributed by atoms with van der Waals surface area (Å²) in [7, 11) is -3.61. The first kappa shape index (κ1) is 17.0. The minimum Gasteiger partial charge on any atom is -0.388 e. The number of amides is 1. The van der Waals surface area contributed by atoms with Crippen molar-refractivity contribution in [3.63, 3.8) is 0 Å². The van der Waals surface area contributed by atoms with E-state index in [1.54, 1.807) is 19.9 Å². The Kier molecular flexibility index (Phi) is 3.73. The topological polar surface area (TPSA) is 74.7 Å². The van der Waals surface area contributed by atoms with Gasteiger partial charge in [-0.15, -0.1) is 0 Å². The van der Waals surface area contributed by atoms with Crippen LogP contribution >= 0.6 is 0 Å². The maximum Gasteiger partial charge on any atom is 0.242 e. The molecular formula is C17H27NO4S. The van der Waals surface area contributed by atoms with Crippen LogP contribution < -0.4 is 0 Å². The molecule has 6 heteroatoms. The molecule has 3 aliphatic rings. The number of sulfonamides is 1. The number of hydrogen-bond donors (Lipinski definition) is 1. The van der Waals surface area contributed by atoms with E-state index < -0.39 is 28.0 Å². The Morgan fingerprint density at radius 1 is 1.39 bits per heavy atom. The predicted octanol–water partition coefficient (Wildman–Crippen LogP) is 1.93. The summed E-state index contributed by atoms with van der Waals surface area (Å²) in [5, 5.41) is 10.1. The van der Waals surface area contributed by atoms with Crippen molar-refractivity contribution >= 4 is 15.9 Å². The SMILES string of the molecule is C/C=C/[C@@H](O)[C@@H](C)C(=O)N1[C@H]2CC3CCC2(CS1(=O)=O)C3(C)C. The highest BCUT2D eigenvalue weighted by molar-refractivity contribution is 7.90. The van der Waals surface area contributed by atoms with Crippen molar-refractivity contribution in [2.75, 3.05) is 5.75 Å². The summed E-state index contributed by atoms with van der Waals surface area (Å²) in [6, 6.07) is -0.228. The molecule has 1 heterocycles. The zero-order valence-corrected chi connectivity index (χ0v) is 15.1. The number of carbonyl (C=O) groups excluding carboxylic acids is 1. The fraction of sp³-hybridized carbons (Fsp3) is 0.824. The molecule has 2 aliphatic carbocycles. The van der Waals surface area contributed by atoms with Crippen LogP contribution in [0.2, 0.25) is 0 Å². The normalized spacial score (nSPS) is 39.6. The largest absolute Gasteiger partial charge is 0.388 e. The van der Waals surface area contributed by atoms with Gasteiger partial charge in [0.25, 0.3) is 0 Å². The maximum absolute atomic E-state index is 12.9. The molecule has 1 saturated heterocycles. The molecule has 130 valence electrons. The molecule has 1 spiro atoms. The van der Waals surface area contributed by atoms with Gasteiger partial charge in [-0.3, -0.25) is 4.79 Å². The Morgan fingerprint density at radius 3 is 2.61 bits per heavy atom. The van der Waals surface area contributed by atoms with Crippen molar-refractivity contribution in [2.45, 2.75) is 59.1 Å². The second-order valence-electron chi connectivity index (χ2n) is 8.06. The number of aliphatic hydroxyl groups excluding tert-OH is 1. The third-order valence-electron chi connectivity index (χ3n) is 6.92. The molecule has 2 unspecified atom stereocenters. The minimum atomic E-state index is -3.61. The lowest BCUT2D eigenvalue weighted by Crippen LogP contribution is -2.47. The molecule has 0 radical (unpaired) electrons. The molecule has 5 atom stereocenters. The van der Waals surface area contributed by atoms with Gasteiger partial charge in [-0.05, 0) is 37.5 Å². The molecule has 2 bridgehead atoms. The van der Waals surface area contributed by atoms with Crippen molar-refractivity contribution in [3.05, 3.63) is 12.2 Å². The Labute approximate surface area is 138 Å². The summed E-state index contributed by atoms with van der Waals surface area (Å²) in [4.78, 5) is 12.9. The molecule has 0 aromatic carbocycles. The van der Waals surface area contributed by atoms with Gasteiger partial charge in [0.1, 0.15) is 0 Å². The lowest BCUT2D eigenvalue weighted by atomic mass is 9.69. The van der Waals surface area contributed by atoms with Crippen LogP contribution in [0.15, 0.2) is 12.2 Å². The summed E-state index contributed by atoms with van der Waals surface area (Å²) in [5.41, 5.74) is -0.359. The van der Waals surface area contributed by atoms with E-state index in [0.717, 1.165) is 23.6 Å². The van der Waals surface area contributed by atoms with Crippen LogP contribution in [-0.4, -0.2) is 41.6 Å². The molecule has 1 N–H and O–H groups in total. The van der Waals surface area contributed by atoms with Gasteiger partial charge in [0.05, 0.1) is 23.8 Å². The third kappa shape index (κ3) is 2.07. The highest BCUT2D eigenvalue weighted by Crippen LogP contribution is 2.70. The molecule has 0 aromatic rings. The van der Waals surface area contributed by atoms with Crippen molar-refractivity contribution in [2.24, 2.45) is 22.7 Å². The lowest BCUT2D eigenvalue weighted by Gasteiger charge is -2.37. The number of hydrogen-bond acceptors (Lipinski definition) is 4. The molecule has 0 aromatic heterocycles. The molecule has 2 saturated carbocycles. The molecule has 3 fully saturated rings. The number of allylic oxidation sites excluding steroid dienone is 1. The molecular weight excluding hydrogens is 314 g/mol. The van der Waals surface area contributed by atoms with Gasteiger partial charge in [-0.2, -0.15) is 0 Å². The van der Waals surface area contributed by atoms with Crippen LogP contribution in [0.25, 0.3) is 0 Å². The molecule has 1 amide bonds. The van der Waals surface area contributed by atoms with Gasteiger partial charge < -0.3 is 5.11 Å². The fourth-order valence-corrected chi connectivity index (χ4v) is 7.90. The first-order chi connectivity index (χ1) is 10.6. The summed E-state index contributed by atoms with van der Waals surface area (Å²) in [5.74, 6) is -0.653. The van der Waals surface area contributed by atoms with Crippen molar-refractivity contribution in [1.29, 1.82) is 0 Å². The van der Waals surface area contributed by atoms with Crippen LogP contribution in [0.5, 0.6) is 0 Å². The van der Waals surface area contributed by atoms with Gasteiger partial charge >= 0.3 is 0 Å². The second kappa shape index (κ2) is 5.06. The van der Waals surface area contributed by atoms with Crippen LogP contribution in [0.3, 0.4) is 0 Å². The summed E-state index contributed by atoms with van der Waals surface area (Å²) >= 11 is 0. The number of nitrogens with zero attached hydrogens (tertiary/aromatic N) is 1.